The minimum Gasteiger partial charge on any atom is -0.365 e. The maximum absolute atomic E-state index is 4.94. The van der Waals surface area contributed by atoms with Crippen LogP contribution < -0.4 is 10.2 Å². The van der Waals surface area contributed by atoms with E-state index in [9.17, 15) is 0 Å². The Hall–Kier alpha value is -3.40. The molecule has 1 aliphatic rings. The number of benzene rings is 3. The van der Waals surface area contributed by atoms with Crippen molar-refractivity contribution < 1.29 is 0 Å². The van der Waals surface area contributed by atoms with Crippen LogP contribution in [-0.4, -0.2) is 16.5 Å². The fourth-order valence-corrected chi connectivity index (χ4v) is 3.84. The Bertz CT molecular complexity index is 1110. The molecule has 0 amide bonds. The molecule has 3 aromatic carbocycles. The third kappa shape index (κ3) is 3.18. The number of hydrogen-bond acceptors (Lipinski definition) is 4. The number of nitrogens with zero attached hydrogens (tertiary/aromatic N) is 3. The molecule has 5 rings (SSSR count). The highest BCUT2D eigenvalue weighted by Gasteiger charge is 2.21. The van der Waals surface area contributed by atoms with Crippen LogP contribution in [0.2, 0.25) is 0 Å². The van der Waals surface area contributed by atoms with Crippen molar-refractivity contribution in [1.29, 1.82) is 0 Å². The molecule has 1 aromatic heterocycles. The summed E-state index contributed by atoms with van der Waals surface area (Å²) in [4.78, 5) is 12.1. The minimum absolute atomic E-state index is 0.734. The number of aromatic nitrogens is 2. The van der Waals surface area contributed by atoms with Gasteiger partial charge in [0.1, 0.15) is 5.82 Å². The van der Waals surface area contributed by atoms with Crippen molar-refractivity contribution in [2.75, 3.05) is 16.8 Å². The number of aryl methyl sites for hydroxylation is 1. The molecule has 0 fully saturated rings. The Morgan fingerprint density at radius 1 is 0.821 bits per heavy atom. The van der Waals surface area contributed by atoms with Gasteiger partial charge in [-0.1, -0.05) is 60.7 Å². The fourth-order valence-electron chi connectivity index (χ4n) is 3.84. The van der Waals surface area contributed by atoms with Crippen molar-refractivity contribution >= 4 is 28.4 Å². The van der Waals surface area contributed by atoms with Crippen LogP contribution in [0, 0.1) is 0 Å². The highest BCUT2D eigenvalue weighted by atomic mass is 15.3. The van der Waals surface area contributed by atoms with Crippen LogP contribution in [0.3, 0.4) is 0 Å². The summed E-state index contributed by atoms with van der Waals surface area (Å²) in [7, 11) is 0. The highest BCUT2D eigenvalue weighted by Crippen LogP contribution is 2.33. The molecular weight excluding hydrogens is 344 g/mol. The number of fused-ring (bicyclic) bond motifs is 2. The van der Waals surface area contributed by atoms with Crippen LogP contribution in [0.5, 0.6) is 0 Å². The van der Waals surface area contributed by atoms with E-state index in [-0.39, 0.29) is 0 Å². The first kappa shape index (κ1) is 16.8. The lowest BCUT2D eigenvalue weighted by Crippen LogP contribution is -2.26. The molecular formula is C24H22N4. The van der Waals surface area contributed by atoms with Crippen LogP contribution in [-0.2, 0) is 13.0 Å². The molecule has 1 aliphatic heterocycles. The molecule has 138 valence electrons. The summed E-state index contributed by atoms with van der Waals surface area (Å²) in [5, 5.41) is 4.58. The second kappa shape index (κ2) is 7.31. The minimum atomic E-state index is 0.734. The quantitative estimate of drug-likeness (QED) is 0.530. The first-order chi connectivity index (χ1) is 13.9. The van der Waals surface area contributed by atoms with Gasteiger partial charge in [0.15, 0.2) is 0 Å². The van der Waals surface area contributed by atoms with Gasteiger partial charge in [0.25, 0.3) is 0 Å². The lowest BCUT2D eigenvalue weighted by atomic mass is 10.0. The summed E-state index contributed by atoms with van der Waals surface area (Å²) >= 11 is 0. The molecule has 0 aliphatic carbocycles. The second-order valence-corrected chi connectivity index (χ2v) is 7.11. The van der Waals surface area contributed by atoms with Gasteiger partial charge in [0.05, 0.1) is 5.52 Å². The molecule has 0 spiro atoms. The van der Waals surface area contributed by atoms with E-state index in [0.29, 0.717) is 0 Å². The van der Waals surface area contributed by atoms with Crippen molar-refractivity contribution in [2.24, 2.45) is 0 Å². The topological polar surface area (TPSA) is 41.1 Å². The zero-order chi connectivity index (χ0) is 18.8. The van der Waals surface area contributed by atoms with Crippen LogP contribution in [0.4, 0.5) is 17.5 Å². The highest BCUT2D eigenvalue weighted by molar-refractivity contribution is 5.90. The second-order valence-electron chi connectivity index (χ2n) is 7.11. The van der Waals surface area contributed by atoms with Gasteiger partial charge in [-0.25, -0.2) is 4.98 Å². The van der Waals surface area contributed by atoms with Crippen molar-refractivity contribution in [3.05, 3.63) is 90.0 Å². The third-order valence-electron chi connectivity index (χ3n) is 5.25. The van der Waals surface area contributed by atoms with Crippen LogP contribution in [0.25, 0.3) is 10.9 Å². The molecule has 4 nitrogen and oxygen atoms in total. The van der Waals surface area contributed by atoms with E-state index in [1.807, 2.05) is 18.2 Å². The predicted molar refractivity (Wildman–Crippen MR) is 115 cm³/mol. The lowest BCUT2D eigenvalue weighted by Gasteiger charge is -2.30. The Kier molecular flexibility index (Phi) is 4.37. The van der Waals surface area contributed by atoms with E-state index in [1.54, 1.807) is 0 Å². The molecule has 2 heterocycles. The molecule has 0 saturated heterocycles. The number of para-hydroxylation sites is 2. The largest absolute Gasteiger partial charge is 0.365 e. The third-order valence-corrected chi connectivity index (χ3v) is 5.25. The fraction of sp³-hybridized carbons (Fsp3) is 0.167. The van der Waals surface area contributed by atoms with Gasteiger partial charge in [-0.3, -0.25) is 0 Å². The van der Waals surface area contributed by atoms with Crippen LogP contribution in [0.15, 0.2) is 78.9 Å². The molecule has 28 heavy (non-hydrogen) atoms. The van der Waals surface area contributed by atoms with E-state index in [1.165, 1.54) is 16.8 Å². The zero-order valence-electron chi connectivity index (χ0n) is 15.7. The average molecular weight is 366 g/mol. The summed E-state index contributed by atoms with van der Waals surface area (Å²) in [6.45, 7) is 1.67. The van der Waals surface area contributed by atoms with Crippen molar-refractivity contribution in [1.82, 2.24) is 9.97 Å². The number of hydrogen-bond donors (Lipinski definition) is 1. The molecule has 0 radical (unpaired) electrons. The van der Waals surface area contributed by atoms with Gasteiger partial charge in [-0.15, -0.1) is 0 Å². The van der Waals surface area contributed by atoms with Gasteiger partial charge >= 0.3 is 0 Å². The Morgan fingerprint density at radius 2 is 1.61 bits per heavy atom. The number of nitrogens with one attached hydrogen (secondary N) is 1. The van der Waals surface area contributed by atoms with Gasteiger partial charge in [-0.2, -0.15) is 4.98 Å². The van der Waals surface area contributed by atoms with Crippen molar-refractivity contribution in [3.63, 3.8) is 0 Å². The van der Waals surface area contributed by atoms with E-state index >= 15 is 0 Å². The maximum atomic E-state index is 4.94. The Labute approximate surface area is 164 Å². The summed E-state index contributed by atoms with van der Waals surface area (Å²) < 4.78 is 0. The molecule has 1 N–H and O–H groups in total. The standard InChI is InChI=1S/C24H22N4/c1-2-9-18(10-3-1)17-25-23-20-13-5-6-14-21(20)26-24(27-23)28-16-8-12-19-11-4-7-15-22(19)28/h1-7,9-11,13-15H,8,12,16-17H2,(H,25,26,27). The van der Waals surface area contributed by atoms with Gasteiger partial charge in [0, 0.05) is 24.2 Å². The smallest absolute Gasteiger partial charge is 0.232 e. The SMILES string of the molecule is c1ccc(CNc2nc(N3CCCc4ccccc43)nc3ccccc23)cc1. The van der Waals surface area contributed by atoms with E-state index in [4.69, 9.17) is 9.97 Å². The number of anilines is 3. The molecule has 0 unspecified atom stereocenters. The average Bonchev–Trinajstić information content (AvgIpc) is 2.77. The van der Waals surface area contributed by atoms with Crippen molar-refractivity contribution in [2.45, 2.75) is 19.4 Å². The molecule has 4 heteroatoms. The maximum Gasteiger partial charge on any atom is 0.232 e. The first-order valence-electron chi connectivity index (χ1n) is 9.78. The summed E-state index contributed by atoms with van der Waals surface area (Å²) in [6, 6.07) is 27.2. The van der Waals surface area contributed by atoms with E-state index in [0.717, 1.165) is 48.6 Å². The summed E-state index contributed by atoms with van der Waals surface area (Å²) in [5.41, 5.74) is 4.78. The first-order valence-corrected chi connectivity index (χ1v) is 9.78. The Balaban J connectivity index is 1.56. The predicted octanol–water partition coefficient (Wildman–Crippen LogP) is 5.33. The molecule has 0 saturated carbocycles. The lowest BCUT2D eigenvalue weighted by molar-refractivity contribution is 0.752. The van der Waals surface area contributed by atoms with Crippen LogP contribution in [0.1, 0.15) is 17.5 Å². The van der Waals surface area contributed by atoms with Gasteiger partial charge in [-0.05, 0) is 42.2 Å². The molecule has 4 aromatic rings. The molecule has 0 atom stereocenters. The van der Waals surface area contributed by atoms with Gasteiger partial charge in [0.2, 0.25) is 5.95 Å². The summed E-state index contributed by atoms with van der Waals surface area (Å²) in [5.74, 6) is 1.65. The molecule has 0 bridgehead atoms. The van der Waals surface area contributed by atoms with Crippen LogP contribution >= 0.6 is 0 Å². The zero-order valence-corrected chi connectivity index (χ0v) is 15.7. The monoisotopic (exact) mass is 366 g/mol. The van der Waals surface area contributed by atoms with E-state index in [2.05, 4.69) is 70.9 Å². The number of rotatable bonds is 4. The summed E-state index contributed by atoms with van der Waals surface area (Å²) in [6.07, 6.45) is 2.22. The van der Waals surface area contributed by atoms with Gasteiger partial charge < -0.3 is 10.2 Å². The van der Waals surface area contributed by atoms with Crippen molar-refractivity contribution in [3.8, 4) is 0 Å². The van der Waals surface area contributed by atoms with E-state index < -0.39 is 0 Å². The Morgan fingerprint density at radius 3 is 2.54 bits per heavy atom. The normalized spacial score (nSPS) is 13.4.